The van der Waals surface area contributed by atoms with E-state index in [1.165, 1.54) is 35.0 Å². The fourth-order valence-electron chi connectivity index (χ4n) is 2.45. The monoisotopic (exact) mass is 417 g/mol. The minimum Gasteiger partial charge on any atom is -0.358 e. The number of nitrogens with zero attached hydrogens (tertiary/aromatic N) is 5. The summed E-state index contributed by atoms with van der Waals surface area (Å²) in [4.78, 5) is 38.0. The van der Waals surface area contributed by atoms with Gasteiger partial charge in [-0.15, -0.1) is 0 Å². The fraction of sp³-hybridized carbons (Fsp3) is 0.235. The van der Waals surface area contributed by atoms with Crippen molar-refractivity contribution in [3.05, 3.63) is 69.2 Å². The maximum absolute atomic E-state index is 13.5. The van der Waals surface area contributed by atoms with Gasteiger partial charge in [-0.25, -0.2) is 4.39 Å². The van der Waals surface area contributed by atoms with Gasteiger partial charge in [-0.05, 0) is 24.0 Å². The summed E-state index contributed by atoms with van der Waals surface area (Å²) < 4.78 is 19.7. The first-order chi connectivity index (χ1) is 14.3. The number of amides is 2. The van der Waals surface area contributed by atoms with Crippen molar-refractivity contribution in [2.45, 2.75) is 13.5 Å². The molecule has 0 spiro atoms. The Kier molecular flexibility index (Phi) is 6.10. The largest absolute Gasteiger partial charge is 0.390 e. The molecule has 3 aromatic rings. The quantitative estimate of drug-likeness (QED) is 0.310. The van der Waals surface area contributed by atoms with Crippen LogP contribution in [0.3, 0.4) is 0 Å². The number of aryl methyl sites for hydroxylation is 1. The van der Waals surface area contributed by atoms with Crippen molar-refractivity contribution in [3.8, 4) is 0 Å². The van der Waals surface area contributed by atoms with Crippen molar-refractivity contribution in [2.75, 3.05) is 13.1 Å². The molecule has 12 nitrogen and oxygen atoms in total. The Bertz CT molecular complexity index is 1090. The number of carbonyl (C=O) groups excluding carboxylic acids is 2. The van der Waals surface area contributed by atoms with Crippen LogP contribution in [0, 0.1) is 22.9 Å². The molecule has 30 heavy (non-hydrogen) atoms. The van der Waals surface area contributed by atoms with Crippen LogP contribution in [-0.2, 0) is 6.54 Å². The topological polar surface area (TPSA) is 158 Å². The van der Waals surface area contributed by atoms with Crippen LogP contribution >= 0.6 is 0 Å². The molecule has 3 rings (SSSR count). The molecule has 2 aromatic heterocycles. The van der Waals surface area contributed by atoms with Crippen LogP contribution in [-0.4, -0.2) is 49.7 Å². The third-order valence-corrected chi connectivity index (χ3v) is 3.92. The summed E-state index contributed by atoms with van der Waals surface area (Å²) >= 11 is 0. The van der Waals surface area contributed by atoms with E-state index in [0.29, 0.717) is 5.69 Å². The van der Waals surface area contributed by atoms with Gasteiger partial charge >= 0.3 is 17.6 Å². The summed E-state index contributed by atoms with van der Waals surface area (Å²) in [6.45, 7) is 1.70. The second-order valence-corrected chi connectivity index (χ2v) is 6.07. The first-order valence-corrected chi connectivity index (χ1v) is 8.67. The third kappa shape index (κ3) is 4.81. The highest BCUT2D eigenvalue weighted by Gasteiger charge is 2.20. The highest BCUT2D eigenvalue weighted by Crippen LogP contribution is 2.12. The number of aromatic nitrogens is 4. The van der Waals surface area contributed by atoms with Crippen LogP contribution in [0.1, 0.15) is 32.6 Å². The Morgan fingerprint density at radius 2 is 1.93 bits per heavy atom. The first kappa shape index (κ1) is 20.6. The Labute approximate surface area is 168 Å². The zero-order chi connectivity index (χ0) is 21.7. The lowest BCUT2D eigenvalue weighted by molar-refractivity contribution is -0.389. The molecule has 0 unspecified atom stereocenters. The molecule has 0 radical (unpaired) electrons. The number of hydrogen-bond donors (Lipinski definition) is 2. The summed E-state index contributed by atoms with van der Waals surface area (Å²) in [7, 11) is 0. The highest BCUT2D eigenvalue weighted by atomic mass is 19.1. The maximum Gasteiger partial charge on any atom is 0.390 e. The molecular formula is C17H16FN7O5. The zero-order valence-corrected chi connectivity index (χ0v) is 15.7. The van der Waals surface area contributed by atoms with E-state index >= 15 is 0 Å². The number of nitrogens with one attached hydrogen (secondary N) is 2. The van der Waals surface area contributed by atoms with Gasteiger partial charge in [0.2, 0.25) is 0 Å². The van der Waals surface area contributed by atoms with E-state index < -0.39 is 22.6 Å². The van der Waals surface area contributed by atoms with Crippen LogP contribution < -0.4 is 10.6 Å². The minimum absolute atomic E-state index is 0.0187. The first-order valence-electron chi connectivity index (χ1n) is 8.67. The van der Waals surface area contributed by atoms with Gasteiger partial charge in [0.25, 0.3) is 5.91 Å². The van der Waals surface area contributed by atoms with E-state index in [2.05, 4.69) is 25.9 Å². The summed E-state index contributed by atoms with van der Waals surface area (Å²) in [5.41, 5.74) is 0.419. The predicted molar refractivity (Wildman–Crippen MR) is 98.1 cm³/mol. The molecule has 13 heteroatoms. The Morgan fingerprint density at radius 3 is 2.60 bits per heavy atom. The lowest BCUT2D eigenvalue weighted by atomic mass is 10.2. The number of carbonyl (C=O) groups is 2. The van der Waals surface area contributed by atoms with Gasteiger partial charge in [-0.3, -0.25) is 9.59 Å². The molecule has 156 valence electrons. The minimum atomic E-state index is -0.669. The van der Waals surface area contributed by atoms with Crippen LogP contribution in [0.5, 0.6) is 0 Å². The Morgan fingerprint density at radius 1 is 1.23 bits per heavy atom. The zero-order valence-electron chi connectivity index (χ0n) is 15.7. The van der Waals surface area contributed by atoms with Gasteiger partial charge in [0.05, 0.1) is 22.4 Å². The van der Waals surface area contributed by atoms with Crippen LogP contribution in [0.4, 0.5) is 10.2 Å². The standard InChI is InChI=1S/C17H16FN7O5/c1-10-8-14(25(28)29)22-24(10)9-13-21-17(30-23-13)16(27)20-7-6-19-15(26)11-4-2-3-5-12(11)18/h2-5,8H,6-7,9H2,1H3,(H,19,26)(H,20,27). The molecule has 0 saturated heterocycles. The van der Waals surface area contributed by atoms with Gasteiger partial charge in [-0.1, -0.05) is 17.3 Å². The molecule has 0 aliphatic carbocycles. The number of halogens is 1. The van der Waals surface area contributed by atoms with Crippen molar-refractivity contribution >= 4 is 17.6 Å². The van der Waals surface area contributed by atoms with E-state index in [0.717, 1.165) is 0 Å². The van der Waals surface area contributed by atoms with E-state index in [1.54, 1.807) is 6.92 Å². The number of benzene rings is 1. The smallest absolute Gasteiger partial charge is 0.358 e. The van der Waals surface area contributed by atoms with Crippen molar-refractivity contribution in [1.29, 1.82) is 0 Å². The Hall–Kier alpha value is -4.16. The third-order valence-electron chi connectivity index (χ3n) is 3.92. The summed E-state index contributed by atoms with van der Waals surface area (Å²) in [5, 5.41) is 23.1. The average molecular weight is 417 g/mol. The summed E-state index contributed by atoms with van der Waals surface area (Å²) in [5.74, 6) is -2.44. The molecule has 0 atom stereocenters. The van der Waals surface area contributed by atoms with Gasteiger partial charge in [-0.2, -0.15) is 9.67 Å². The van der Waals surface area contributed by atoms with E-state index in [4.69, 9.17) is 4.52 Å². The molecule has 2 heterocycles. The number of nitro groups is 1. The summed E-state index contributed by atoms with van der Waals surface area (Å²) in [6.07, 6.45) is 0. The molecule has 0 aliphatic heterocycles. The van der Waals surface area contributed by atoms with E-state index in [9.17, 15) is 24.1 Å². The Balaban J connectivity index is 1.49. The predicted octanol–water partition coefficient (Wildman–Crippen LogP) is 0.830. The van der Waals surface area contributed by atoms with E-state index in [-0.39, 0.29) is 42.7 Å². The van der Waals surface area contributed by atoms with Gasteiger partial charge in [0.1, 0.15) is 12.4 Å². The molecule has 2 amide bonds. The molecule has 2 N–H and O–H groups in total. The molecular weight excluding hydrogens is 401 g/mol. The van der Waals surface area contributed by atoms with E-state index in [1.807, 2.05) is 0 Å². The maximum atomic E-state index is 13.5. The van der Waals surface area contributed by atoms with Crippen LogP contribution in [0.2, 0.25) is 0 Å². The van der Waals surface area contributed by atoms with Crippen LogP contribution in [0.25, 0.3) is 0 Å². The van der Waals surface area contributed by atoms with Crippen molar-refractivity contribution in [1.82, 2.24) is 30.6 Å². The molecule has 0 bridgehead atoms. The van der Waals surface area contributed by atoms with Crippen LogP contribution in [0.15, 0.2) is 34.9 Å². The average Bonchev–Trinajstić information content (AvgIpc) is 3.33. The molecule has 0 aliphatic rings. The number of rotatable bonds is 8. The second-order valence-electron chi connectivity index (χ2n) is 6.07. The summed E-state index contributed by atoms with van der Waals surface area (Å²) in [6, 6.07) is 6.82. The van der Waals surface area contributed by atoms with Gasteiger partial charge in [0, 0.05) is 13.1 Å². The highest BCUT2D eigenvalue weighted by molar-refractivity contribution is 5.94. The molecule has 0 fully saturated rings. The molecule has 1 aromatic carbocycles. The molecule has 0 saturated carbocycles. The van der Waals surface area contributed by atoms with Gasteiger partial charge < -0.3 is 25.3 Å². The number of hydrogen-bond acceptors (Lipinski definition) is 8. The van der Waals surface area contributed by atoms with Crippen molar-refractivity contribution in [2.24, 2.45) is 0 Å². The lowest BCUT2D eigenvalue weighted by Gasteiger charge is -2.06. The normalized spacial score (nSPS) is 10.6. The second kappa shape index (κ2) is 8.89. The SMILES string of the molecule is Cc1cc([N+](=O)[O-])nn1Cc1noc(C(=O)NCCNC(=O)c2ccccc2F)n1. The van der Waals surface area contributed by atoms with Crippen molar-refractivity contribution in [3.63, 3.8) is 0 Å². The van der Waals surface area contributed by atoms with Gasteiger partial charge in [0.15, 0.2) is 5.82 Å². The van der Waals surface area contributed by atoms with Crippen molar-refractivity contribution < 1.29 is 23.4 Å². The lowest BCUT2D eigenvalue weighted by Crippen LogP contribution is -2.35. The fourth-order valence-corrected chi connectivity index (χ4v) is 2.45.